The summed E-state index contributed by atoms with van der Waals surface area (Å²) in [5.41, 5.74) is -0.0725. The molecule has 2 atom stereocenters. The average Bonchev–Trinajstić information content (AvgIpc) is 2.93. The Morgan fingerprint density at radius 1 is 1.21 bits per heavy atom. The van der Waals surface area contributed by atoms with Gasteiger partial charge < -0.3 is 9.84 Å². The first-order valence-corrected chi connectivity index (χ1v) is 8.15. The maximum atomic E-state index is 10.5. The van der Waals surface area contributed by atoms with Crippen LogP contribution in [0.1, 0.15) is 65.2 Å². The highest BCUT2D eigenvalue weighted by Crippen LogP contribution is 2.27. The second-order valence-corrected chi connectivity index (χ2v) is 6.78. The Balaban J connectivity index is 1.71. The van der Waals surface area contributed by atoms with E-state index in [0.29, 0.717) is 6.10 Å². The number of aliphatic hydroxyl groups excluding tert-OH is 1. The standard InChI is InChI=1S/C16H31NO2/c1-16(2,17-11-4-3-5-12-17)15(18)10-6-8-14-9-7-13-19-14/h14-15,18H,3-13H2,1-2H3. The summed E-state index contributed by atoms with van der Waals surface area (Å²) >= 11 is 0. The van der Waals surface area contributed by atoms with E-state index in [0.717, 1.165) is 39.0 Å². The van der Waals surface area contributed by atoms with Crippen LogP contribution >= 0.6 is 0 Å². The Hall–Kier alpha value is -0.120. The Morgan fingerprint density at radius 2 is 1.95 bits per heavy atom. The molecule has 0 aromatic carbocycles. The first-order valence-electron chi connectivity index (χ1n) is 8.15. The molecule has 0 spiro atoms. The highest BCUT2D eigenvalue weighted by Gasteiger charge is 2.34. The van der Waals surface area contributed by atoms with E-state index in [2.05, 4.69) is 18.7 Å². The highest BCUT2D eigenvalue weighted by molar-refractivity contribution is 4.90. The number of rotatable bonds is 6. The summed E-state index contributed by atoms with van der Waals surface area (Å²) in [7, 11) is 0. The van der Waals surface area contributed by atoms with Gasteiger partial charge in [-0.05, 0) is 71.9 Å². The number of aliphatic hydroxyl groups is 1. The third kappa shape index (κ3) is 4.17. The molecule has 2 unspecified atom stereocenters. The monoisotopic (exact) mass is 269 g/mol. The van der Waals surface area contributed by atoms with Gasteiger partial charge in [-0.1, -0.05) is 6.42 Å². The largest absolute Gasteiger partial charge is 0.391 e. The van der Waals surface area contributed by atoms with E-state index in [-0.39, 0.29) is 11.6 Å². The fourth-order valence-electron chi connectivity index (χ4n) is 3.45. The van der Waals surface area contributed by atoms with Crippen molar-refractivity contribution in [1.29, 1.82) is 0 Å². The zero-order valence-electron chi connectivity index (χ0n) is 12.7. The van der Waals surface area contributed by atoms with Crippen LogP contribution in [0.2, 0.25) is 0 Å². The minimum Gasteiger partial charge on any atom is -0.391 e. The molecule has 0 saturated carbocycles. The Morgan fingerprint density at radius 3 is 2.58 bits per heavy atom. The normalized spacial score (nSPS) is 27.6. The maximum Gasteiger partial charge on any atom is 0.0718 e. The van der Waals surface area contributed by atoms with Gasteiger partial charge in [0.2, 0.25) is 0 Å². The Labute approximate surface area is 118 Å². The van der Waals surface area contributed by atoms with Gasteiger partial charge in [-0.25, -0.2) is 0 Å². The number of ether oxygens (including phenoxy) is 1. The van der Waals surface area contributed by atoms with E-state index in [1.807, 2.05) is 0 Å². The van der Waals surface area contributed by atoms with Crippen molar-refractivity contribution >= 4 is 0 Å². The van der Waals surface area contributed by atoms with E-state index in [1.54, 1.807) is 0 Å². The van der Waals surface area contributed by atoms with Crippen LogP contribution in [0, 0.1) is 0 Å². The molecule has 1 N–H and O–H groups in total. The molecule has 0 bridgehead atoms. The van der Waals surface area contributed by atoms with E-state index < -0.39 is 0 Å². The number of likely N-dealkylation sites (tertiary alicyclic amines) is 1. The quantitative estimate of drug-likeness (QED) is 0.804. The van der Waals surface area contributed by atoms with E-state index in [1.165, 1.54) is 32.1 Å². The fraction of sp³-hybridized carbons (Fsp3) is 1.00. The summed E-state index contributed by atoms with van der Waals surface area (Å²) in [6, 6.07) is 0. The molecular formula is C16H31NO2. The first-order chi connectivity index (χ1) is 9.10. The lowest BCUT2D eigenvalue weighted by molar-refractivity contribution is -0.0256. The molecule has 2 aliphatic rings. The summed E-state index contributed by atoms with van der Waals surface area (Å²) in [6.07, 6.45) is 9.70. The van der Waals surface area contributed by atoms with Gasteiger partial charge in [0.15, 0.2) is 0 Å². The molecule has 0 aromatic heterocycles. The van der Waals surface area contributed by atoms with Gasteiger partial charge in [0.05, 0.1) is 12.2 Å². The van der Waals surface area contributed by atoms with Crippen molar-refractivity contribution in [2.45, 2.75) is 83.0 Å². The molecule has 19 heavy (non-hydrogen) atoms. The van der Waals surface area contributed by atoms with E-state index in [4.69, 9.17) is 4.74 Å². The van der Waals surface area contributed by atoms with Crippen molar-refractivity contribution < 1.29 is 9.84 Å². The number of piperidine rings is 1. The lowest BCUT2D eigenvalue weighted by Crippen LogP contribution is -2.54. The lowest BCUT2D eigenvalue weighted by atomic mass is 9.89. The third-order valence-corrected chi connectivity index (χ3v) is 5.01. The van der Waals surface area contributed by atoms with Crippen LogP contribution in [-0.2, 0) is 4.74 Å². The summed E-state index contributed by atoms with van der Waals surface area (Å²) < 4.78 is 5.64. The summed E-state index contributed by atoms with van der Waals surface area (Å²) in [5.74, 6) is 0. The Kier molecular flexibility index (Phi) is 5.67. The topological polar surface area (TPSA) is 32.7 Å². The predicted molar refractivity (Wildman–Crippen MR) is 78.3 cm³/mol. The van der Waals surface area contributed by atoms with Crippen molar-refractivity contribution in [2.24, 2.45) is 0 Å². The summed E-state index contributed by atoms with van der Waals surface area (Å²) in [5, 5.41) is 10.5. The van der Waals surface area contributed by atoms with Gasteiger partial charge in [-0.3, -0.25) is 4.90 Å². The molecule has 2 saturated heterocycles. The maximum absolute atomic E-state index is 10.5. The second-order valence-electron chi connectivity index (χ2n) is 6.78. The van der Waals surface area contributed by atoms with Gasteiger partial charge in [-0.2, -0.15) is 0 Å². The molecule has 2 heterocycles. The van der Waals surface area contributed by atoms with Crippen LogP contribution in [0.15, 0.2) is 0 Å². The predicted octanol–water partition coefficient (Wildman–Crippen LogP) is 2.96. The van der Waals surface area contributed by atoms with Gasteiger partial charge in [0, 0.05) is 12.1 Å². The van der Waals surface area contributed by atoms with Crippen molar-refractivity contribution in [2.75, 3.05) is 19.7 Å². The van der Waals surface area contributed by atoms with Gasteiger partial charge in [-0.15, -0.1) is 0 Å². The van der Waals surface area contributed by atoms with Crippen LogP contribution < -0.4 is 0 Å². The van der Waals surface area contributed by atoms with E-state index in [9.17, 15) is 5.11 Å². The minimum absolute atomic E-state index is 0.0725. The summed E-state index contributed by atoms with van der Waals surface area (Å²) in [6.45, 7) is 7.64. The van der Waals surface area contributed by atoms with Crippen LogP contribution in [0.3, 0.4) is 0 Å². The zero-order chi connectivity index (χ0) is 13.7. The number of nitrogens with zero attached hydrogens (tertiary/aromatic N) is 1. The molecule has 2 aliphatic heterocycles. The molecule has 0 radical (unpaired) electrons. The number of hydrogen-bond acceptors (Lipinski definition) is 3. The second kappa shape index (κ2) is 7.05. The lowest BCUT2D eigenvalue weighted by Gasteiger charge is -2.44. The van der Waals surface area contributed by atoms with Gasteiger partial charge in [0.1, 0.15) is 0 Å². The van der Waals surface area contributed by atoms with Crippen LogP contribution in [-0.4, -0.2) is 47.4 Å². The third-order valence-electron chi connectivity index (χ3n) is 5.01. The van der Waals surface area contributed by atoms with Crippen molar-refractivity contribution in [3.63, 3.8) is 0 Å². The van der Waals surface area contributed by atoms with Crippen molar-refractivity contribution in [3.05, 3.63) is 0 Å². The van der Waals surface area contributed by atoms with Crippen LogP contribution in [0.5, 0.6) is 0 Å². The minimum atomic E-state index is -0.216. The number of hydrogen-bond donors (Lipinski definition) is 1. The average molecular weight is 269 g/mol. The molecular weight excluding hydrogens is 238 g/mol. The molecule has 3 heteroatoms. The molecule has 112 valence electrons. The van der Waals surface area contributed by atoms with E-state index >= 15 is 0 Å². The molecule has 0 amide bonds. The fourth-order valence-corrected chi connectivity index (χ4v) is 3.45. The van der Waals surface area contributed by atoms with Crippen molar-refractivity contribution in [1.82, 2.24) is 4.90 Å². The zero-order valence-corrected chi connectivity index (χ0v) is 12.7. The SMILES string of the molecule is CC(C)(C(O)CCCC1CCCO1)N1CCCCC1. The molecule has 2 fully saturated rings. The summed E-state index contributed by atoms with van der Waals surface area (Å²) in [4.78, 5) is 2.48. The van der Waals surface area contributed by atoms with Crippen LogP contribution in [0.25, 0.3) is 0 Å². The van der Waals surface area contributed by atoms with Gasteiger partial charge >= 0.3 is 0 Å². The van der Waals surface area contributed by atoms with Gasteiger partial charge in [0.25, 0.3) is 0 Å². The molecule has 2 rings (SSSR count). The van der Waals surface area contributed by atoms with Crippen molar-refractivity contribution in [3.8, 4) is 0 Å². The smallest absolute Gasteiger partial charge is 0.0718 e. The van der Waals surface area contributed by atoms with Crippen LogP contribution in [0.4, 0.5) is 0 Å². The molecule has 0 aliphatic carbocycles. The molecule has 3 nitrogen and oxygen atoms in total. The Bertz CT molecular complexity index is 255. The highest BCUT2D eigenvalue weighted by atomic mass is 16.5. The molecule has 0 aromatic rings. The first kappa shape index (κ1) is 15.3.